The average molecular weight is 323 g/mol. The second-order valence-electron chi connectivity index (χ2n) is 4.65. The predicted octanol–water partition coefficient (Wildman–Crippen LogP) is 4.86. The van der Waals surface area contributed by atoms with Crippen molar-refractivity contribution in [1.82, 2.24) is 5.43 Å². The van der Waals surface area contributed by atoms with Crippen molar-refractivity contribution in [2.75, 3.05) is 0 Å². The standard InChI is InChI=1S/C15H12Cl2N2S/c1-15(12-8-7-11(16)9-13(12)17)19-18-14(20-15)10-5-3-2-4-6-10/h2-9,19H,1H3. The van der Waals surface area contributed by atoms with Crippen molar-refractivity contribution in [3.8, 4) is 0 Å². The van der Waals surface area contributed by atoms with Gasteiger partial charge in [0.25, 0.3) is 0 Å². The van der Waals surface area contributed by atoms with Crippen LogP contribution in [0, 0.1) is 0 Å². The Morgan fingerprint density at radius 1 is 1.10 bits per heavy atom. The molecule has 0 aliphatic carbocycles. The third-order valence-electron chi connectivity index (χ3n) is 3.14. The SMILES string of the molecule is CC1(c2ccc(Cl)cc2Cl)NN=C(c2ccccc2)S1. The largest absolute Gasteiger partial charge is 0.288 e. The number of thioether (sulfide) groups is 1. The van der Waals surface area contributed by atoms with E-state index in [1.54, 1.807) is 17.8 Å². The van der Waals surface area contributed by atoms with E-state index in [-0.39, 0.29) is 4.87 Å². The van der Waals surface area contributed by atoms with E-state index in [2.05, 4.69) is 17.5 Å². The van der Waals surface area contributed by atoms with Crippen LogP contribution in [-0.4, -0.2) is 5.04 Å². The molecule has 1 atom stereocenters. The summed E-state index contributed by atoms with van der Waals surface area (Å²) < 4.78 is 0. The van der Waals surface area contributed by atoms with Gasteiger partial charge in [-0.05, 0) is 19.1 Å². The molecule has 0 spiro atoms. The molecule has 5 heteroatoms. The Balaban J connectivity index is 1.90. The molecule has 0 radical (unpaired) electrons. The van der Waals surface area contributed by atoms with E-state index in [1.807, 2.05) is 42.5 Å². The fraction of sp³-hybridized carbons (Fsp3) is 0.133. The number of rotatable bonds is 2. The molecule has 0 fully saturated rings. The third-order valence-corrected chi connectivity index (χ3v) is 4.93. The number of hydrazone groups is 1. The minimum absolute atomic E-state index is 0.382. The molecule has 2 nitrogen and oxygen atoms in total. The fourth-order valence-corrected chi connectivity index (χ4v) is 3.86. The summed E-state index contributed by atoms with van der Waals surface area (Å²) in [6, 6.07) is 15.6. The van der Waals surface area contributed by atoms with Crippen LogP contribution in [0.3, 0.4) is 0 Å². The van der Waals surface area contributed by atoms with Gasteiger partial charge in [0.2, 0.25) is 0 Å². The molecule has 1 aliphatic heterocycles. The first kappa shape index (κ1) is 13.8. The van der Waals surface area contributed by atoms with Gasteiger partial charge in [0.05, 0.1) is 0 Å². The van der Waals surface area contributed by atoms with E-state index >= 15 is 0 Å². The molecule has 0 amide bonds. The third kappa shape index (κ3) is 2.53. The van der Waals surface area contributed by atoms with E-state index < -0.39 is 0 Å². The molecule has 1 N–H and O–H groups in total. The van der Waals surface area contributed by atoms with Gasteiger partial charge in [-0.1, -0.05) is 71.4 Å². The monoisotopic (exact) mass is 322 g/mol. The number of hydrogen-bond acceptors (Lipinski definition) is 3. The Bertz CT molecular complexity index is 673. The second-order valence-corrected chi connectivity index (χ2v) is 6.91. The van der Waals surface area contributed by atoms with E-state index in [0.29, 0.717) is 10.0 Å². The summed E-state index contributed by atoms with van der Waals surface area (Å²) in [4.78, 5) is -0.382. The van der Waals surface area contributed by atoms with E-state index in [1.165, 1.54) is 0 Å². The van der Waals surface area contributed by atoms with Gasteiger partial charge in [-0.3, -0.25) is 5.43 Å². The van der Waals surface area contributed by atoms with Crippen molar-refractivity contribution in [3.63, 3.8) is 0 Å². The van der Waals surface area contributed by atoms with E-state index in [9.17, 15) is 0 Å². The lowest BCUT2D eigenvalue weighted by Crippen LogP contribution is -2.29. The van der Waals surface area contributed by atoms with Gasteiger partial charge in [-0.25, -0.2) is 0 Å². The molecule has 0 bridgehead atoms. The summed E-state index contributed by atoms with van der Waals surface area (Å²) in [5.41, 5.74) is 5.25. The van der Waals surface area contributed by atoms with Crippen LogP contribution in [0.5, 0.6) is 0 Å². The first-order valence-electron chi connectivity index (χ1n) is 6.13. The minimum Gasteiger partial charge on any atom is -0.288 e. The quantitative estimate of drug-likeness (QED) is 0.853. The summed E-state index contributed by atoms with van der Waals surface area (Å²) >= 11 is 13.9. The Morgan fingerprint density at radius 3 is 2.55 bits per heavy atom. The van der Waals surface area contributed by atoms with Crippen molar-refractivity contribution >= 4 is 40.0 Å². The molecule has 2 aromatic carbocycles. The van der Waals surface area contributed by atoms with E-state index in [4.69, 9.17) is 23.2 Å². The zero-order chi connectivity index (χ0) is 14.2. The smallest absolute Gasteiger partial charge is 0.130 e. The summed E-state index contributed by atoms with van der Waals surface area (Å²) in [6.45, 7) is 2.06. The summed E-state index contributed by atoms with van der Waals surface area (Å²) in [6.07, 6.45) is 0. The predicted molar refractivity (Wildman–Crippen MR) is 87.5 cm³/mol. The molecule has 20 heavy (non-hydrogen) atoms. The number of nitrogens with zero attached hydrogens (tertiary/aromatic N) is 1. The van der Waals surface area contributed by atoms with Crippen LogP contribution in [-0.2, 0) is 4.87 Å². The molecule has 0 saturated carbocycles. The van der Waals surface area contributed by atoms with Crippen LogP contribution >= 0.6 is 35.0 Å². The maximum atomic E-state index is 6.30. The highest BCUT2D eigenvalue weighted by atomic mass is 35.5. The summed E-state index contributed by atoms with van der Waals surface area (Å²) in [5, 5.41) is 6.67. The van der Waals surface area contributed by atoms with Crippen molar-refractivity contribution in [2.24, 2.45) is 5.10 Å². The van der Waals surface area contributed by atoms with Gasteiger partial charge >= 0.3 is 0 Å². The highest BCUT2D eigenvalue weighted by molar-refractivity contribution is 8.15. The average Bonchev–Trinajstić information content (AvgIpc) is 2.83. The van der Waals surface area contributed by atoms with Gasteiger partial charge < -0.3 is 0 Å². The molecule has 1 heterocycles. The molecule has 0 aromatic heterocycles. The summed E-state index contributed by atoms with van der Waals surface area (Å²) in [7, 11) is 0. The van der Waals surface area contributed by atoms with Crippen LogP contribution in [0.2, 0.25) is 10.0 Å². The summed E-state index contributed by atoms with van der Waals surface area (Å²) in [5.74, 6) is 0. The molecule has 2 aromatic rings. The van der Waals surface area contributed by atoms with Gasteiger partial charge in [0.1, 0.15) is 9.91 Å². The Kier molecular flexibility index (Phi) is 3.67. The van der Waals surface area contributed by atoms with Gasteiger partial charge in [0, 0.05) is 21.2 Å². The van der Waals surface area contributed by atoms with Gasteiger partial charge in [-0.15, -0.1) is 0 Å². The first-order chi connectivity index (χ1) is 9.58. The molecular formula is C15H12Cl2N2S. The zero-order valence-electron chi connectivity index (χ0n) is 10.7. The highest BCUT2D eigenvalue weighted by Crippen LogP contribution is 2.43. The number of halogens is 2. The topological polar surface area (TPSA) is 24.4 Å². The number of nitrogens with one attached hydrogen (secondary N) is 1. The second kappa shape index (κ2) is 5.32. The Morgan fingerprint density at radius 2 is 1.85 bits per heavy atom. The van der Waals surface area contributed by atoms with Crippen molar-refractivity contribution in [2.45, 2.75) is 11.8 Å². The molecule has 0 saturated heterocycles. The van der Waals surface area contributed by atoms with Crippen LogP contribution < -0.4 is 5.43 Å². The minimum atomic E-state index is -0.382. The Hall–Kier alpha value is -1.16. The van der Waals surface area contributed by atoms with Crippen molar-refractivity contribution < 1.29 is 0 Å². The van der Waals surface area contributed by atoms with Crippen LogP contribution in [0.1, 0.15) is 18.1 Å². The maximum Gasteiger partial charge on any atom is 0.130 e. The fourth-order valence-electron chi connectivity index (χ4n) is 2.09. The van der Waals surface area contributed by atoms with Crippen molar-refractivity contribution in [1.29, 1.82) is 0 Å². The van der Waals surface area contributed by atoms with E-state index in [0.717, 1.165) is 16.2 Å². The normalized spacial score (nSPS) is 21.4. The zero-order valence-corrected chi connectivity index (χ0v) is 13.1. The molecule has 1 unspecified atom stereocenters. The highest BCUT2D eigenvalue weighted by Gasteiger charge is 2.36. The number of hydrogen-bond donors (Lipinski definition) is 1. The van der Waals surface area contributed by atoms with Crippen LogP contribution in [0.25, 0.3) is 0 Å². The van der Waals surface area contributed by atoms with Gasteiger partial charge in [0.15, 0.2) is 0 Å². The lowest BCUT2D eigenvalue weighted by atomic mass is 10.1. The lowest BCUT2D eigenvalue weighted by Gasteiger charge is -2.24. The maximum absolute atomic E-state index is 6.30. The Labute approximate surface area is 132 Å². The van der Waals surface area contributed by atoms with Gasteiger partial charge in [-0.2, -0.15) is 5.10 Å². The molecule has 3 rings (SSSR count). The lowest BCUT2D eigenvalue weighted by molar-refractivity contribution is 0.563. The molecule has 1 aliphatic rings. The number of benzene rings is 2. The van der Waals surface area contributed by atoms with Crippen LogP contribution in [0.4, 0.5) is 0 Å². The van der Waals surface area contributed by atoms with Crippen molar-refractivity contribution in [3.05, 3.63) is 69.7 Å². The first-order valence-corrected chi connectivity index (χ1v) is 7.70. The molecule has 102 valence electrons. The molecular weight excluding hydrogens is 311 g/mol. The van der Waals surface area contributed by atoms with Crippen LogP contribution in [0.15, 0.2) is 53.6 Å².